The summed E-state index contributed by atoms with van der Waals surface area (Å²) in [5.74, 6) is -0.268. The molecule has 0 saturated carbocycles. The van der Waals surface area contributed by atoms with Gasteiger partial charge in [0.15, 0.2) is 0 Å². The number of amides is 2. The van der Waals surface area contributed by atoms with Gasteiger partial charge in [0.05, 0.1) is 4.90 Å². The van der Waals surface area contributed by atoms with Gasteiger partial charge in [-0.05, 0) is 62.1 Å². The zero-order valence-corrected chi connectivity index (χ0v) is 18.3. The molecule has 0 atom stereocenters. The smallest absolute Gasteiger partial charge is 0.261 e. The molecule has 160 valence electrons. The number of carbonyl (C=O) groups is 2. The first-order valence-electron chi connectivity index (χ1n) is 9.92. The first-order chi connectivity index (χ1) is 14.2. The molecule has 0 aromatic heterocycles. The van der Waals surface area contributed by atoms with Crippen LogP contribution in [0.5, 0.6) is 0 Å². The van der Waals surface area contributed by atoms with E-state index in [4.69, 9.17) is 0 Å². The lowest BCUT2D eigenvalue weighted by Crippen LogP contribution is -2.46. The summed E-state index contributed by atoms with van der Waals surface area (Å²) in [4.78, 5) is 26.0. The number of carbonyl (C=O) groups excluding carboxylic acids is 2. The minimum absolute atomic E-state index is 0.0473. The fourth-order valence-corrected chi connectivity index (χ4v) is 4.68. The van der Waals surface area contributed by atoms with E-state index < -0.39 is 10.0 Å². The highest BCUT2D eigenvalue weighted by Crippen LogP contribution is 2.22. The SMILES string of the molecule is CC(=O)NC1CCN(C(=O)c2cc(S(=O)(=O)Nc3cccc(C)c3)ccc2C)CC1. The van der Waals surface area contributed by atoms with Crippen LogP contribution in [0.25, 0.3) is 0 Å². The molecule has 1 aliphatic heterocycles. The van der Waals surface area contributed by atoms with E-state index in [1.807, 2.05) is 13.0 Å². The summed E-state index contributed by atoms with van der Waals surface area (Å²) in [6.45, 7) is 6.19. The number of benzene rings is 2. The molecular formula is C22H27N3O4S. The zero-order chi connectivity index (χ0) is 21.9. The lowest BCUT2D eigenvalue weighted by atomic mass is 10.0. The number of nitrogens with zero attached hydrogens (tertiary/aromatic N) is 1. The summed E-state index contributed by atoms with van der Waals surface area (Å²) >= 11 is 0. The van der Waals surface area contributed by atoms with Crippen molar-refractivity contribution < 1.29 is 18.0 Å². The van der Waals surface area contributed by atoms with E-state index in [-0.39, 0.29) is 22.8 Å². The van der Waals surface area contributed by atoms with Crippen LogP contribution in [0.2, 0.25) is 0 Å². The van der Waals surface area contributed by atoms with Crippen LogP contribution in [0.3, 0.4) is 0 Å². The number of anilines is 1. The normalized spacial score (nSPS) is 15.0. The monoisotopic (exact) mass is 429 g/mol. The molecule has 0 bridgehead atoms. The molecular weight excluding hydrogens is 402 g/mol. The Morgan fingerprint density at radius 3 is 2.37 bits per heavy atom. The maximum Gasteiger partial charge on any atom is 0.261 e. The number of piperidine rings is 1. The Labute approximate surface area is 177 Å². The van der Waals surface area contributed by atoms with Crippen molar-refractivity contribution in [3.05, 3.63) is 59.2 Å². The van der Waals surface area contributed by atoms with Crippen molar-refractivity contribution in [1.82, 2.24) is 10.2 Å². The van der Waals surface area contributed by atoms with E-state index in [2.05, 4.69) is 10.0 Å². The highest BCUT2D eigenvalue weighted by atomic mass is 32.2. The molecule has 1 saturated heterocycles. The molecule has 8 heteroatoms. The molecule has 0 radical (unpaired) electrons. The van der Waals surface area contributed by atoms with Crippen LogP contribution in [-0.4, -0.2) is 44.3 Å². The third kappa shape index (κ3) is 5.18. The number of sulfonamides is 1. The van der Waals surface area contributed by atoms with Crippen LogP contribution in [0.1, 0.15) is 41.3 Å². The van der Waals surface area contributed by atoms with Crippen LogP contribution in [0, 0.1) is 13.8 Å². The van der Waals surface area contributed by atoms with Crippen LogP contribution in [0.15, 0.2) is 47.4 Å². The third-order valence-corrected chi connectivity index (χ3v) is 6.59. The molecule has 2 N–H and O–H groups in total. The molecule has 1 heterocycles. The number of aryl methyl sites for hydroxylation is 2. The third-order valence-electron chi connectivity index (χ3n) is 5.21. The molecule has 1 fully saturated rings. The van der Waals surface area contributed by atoms with E-state index >= 15 is 0 Å². The first-order valence-corrected chi connectivity index (χ1v) is 11.4. The standard InChI is InChI=1S/C22H27N3O4S/c1-15-5-4-6-19(13-15)24-30(28,29)20-8-7-16(2)21(14-20)22(27)25-11-9-18(10-12-25)23-17(3)26/h4-8,13-14,18,24H,9-12H2,1-3H3,(H,23,26). The summed E-state index contributed by atoms with van der Waals surface area (Å²) in [6, 6.07) is 11.8. The quantitative estimate of drug-likeness (QED) is 0.764. The summed E-state index contributed by atoms with van der Waals surface area (Å²) < 4.78 is 28.3. The molecule has 2 aromatic rings. The second kappa shape index (κ2) is 8.87. The van der Waals surface area contributed by atoms with Crippen molar-refractivity contribution in [2.45, 2.75) is 44.6 Å². The minimum atomic E-state index is -3.82. The van der Waals surface area contributed by atoms with Gasteiger partial charge in [-0.3, -0.25) is 14.3 Å². The Hall–Kier alpha value is -2.87. The van der Waals surface area contributed by atoms with Gasteiger partial charge in [-0.1, -0.05) is 18.2 Å². The molecule has 3 rings (SSSR count). The number of likely N-dealkylation sites (tertiary alicyclic amines) is 1. The molecule has 1 aliphatic rings. The lowest BCUT2D eigenvalue weighted by molar-refractivity contribution is -0.119. The van der Waals surface area contributed by atoms with Crippen LogP contribution >= 0.6 is 0 Å². The number of hydrogen-bond donors (Lipinski definition) is 2. The zero-order valence-electron chi connectivity index (χ0n) is 17.4. The maximum atomic E-state index is 13.1. The average Bonchev–Trinajstić information content (AvgIpc) is 2.67. The number of nitrogens with one attached hydrogen (secondary N) is 2. The van der Waals surface area contributed by atoms with Crippen molar-refractivity contribution in [2.75, 3.05) is 17.8 Å². The Morgan fingerprint density at radius 2 is 1.73 bits per heavy atom. The second-order valence-electron chi connectivity index (χ2n) is 7.72. The van der Waals surface area contributed by atoms with Crippen molar-refractivity contribution in [3.8, 4) is 0 Å². The molecule has 0 unspecified atom stereocenters. The Morgan fingerprint density at radius 1 is 1.03 bits per heavy atom. The summed E-state index contributed by atoms with van der Waals surface area (Å²) in [6.07, 6.45) is 1.36. The van der Waals surface area contributed by atoms with Gasteiger partial charge in [-0.2, -0.15) is 0 Å². The molecule has 0 spiro atoms. The van der Waals surface area contributed by atoms with E-state index in [0.717, 1.165) is 11.1 Å². The van der Waals surface area contributed by atoms with E-state index in [9.17, 15) is 18.0 Å². The number of hydrogen-bond acceptors (Lipinski definition) is 4. The van der Waals surface area contributed by atoms with Crippen LogP contribution in [-0.2, 0) is 14.8 Å². The van der Waals surface area contributed by atoms with Gasteiger partial charge in [-0.25, -0.2) is 8.42 Å². The first kappa shape index (κ1) is 21.8. The molecule has 2 aromatic carbocycles. The predicted octanol–water partition coefficient (Wildman–Crippen LogP) is 2.84. The molecule has 7 nitrogen and oxygen atoms in total. The van der Waals surface area contributed by atoms with Crippen LogP contribution in [0.4, 0.5) is 5.69 Å². The largest absolute Gasteiger partial charge is 0.353 e. The van der Waals surface area contributed by atoms with Crippen molar-refractivity contribution >= 4 is 27.5 Å². The molecule has 2 amide bonds. The van der Waals surface area contributed by atoms with Crippen LogP contribution < -0.4 is 10.0 Å². The van der Waals surface area contributed by atoms with E-state index in [1.165, 1.54) is 19.1 Å². The fourth-order valence-electron chi connectivity index (χ4n) is 3.61. The maximum absolute atomic E-state index is 13.1. The van der Waals surface area contributed by atoms with Crippen molar-refractivity contribution in [3.63, 3.8) is 0 Å². The van der Waals surface area contributed by atoms with Gasteiger partial charge in [0.25, 0.3) is 15.9 Å². The summed E-state index contributed by atoms with van der Waals surface area (Å²) in [7, 11) is -3.82. The minimum Gasteiger partial charge on any atom is -0.353 e. The predicted molar refractivity (Wildman–Crippen MR) is 116 cm³/mol. The Balaban J connectivity index is 1.78. The molecule has 0 aliphatic carbocycles. The molecule has 30 heavy (non-hydrogen) atoms. The Bertz CT molecular complexity index is 1060. The van der Waals surface area contributed by atoms with Crippen molar-refractivity contribution in [2.24, 2.45) is 0 Å². The fraction of sp³-hybridized carbons (Fsp3) is 0.364. The van der Waals surface area contributed by atoms with Gasteiger partial charge in [0, 0.05) is 37.3 Å². The topological polar surface area (TPSA) is 95.6 Å². The Kier molecular flexibility index (Phi) is 6.45. The second-order valence-corrected chi connectivity index (χ2v) is 9.40. The lowest BCUT2D eigenvalue weighted by Gasteiger charge is -2.32. The number of rotatable bonds is 5. The van der Waals surface area contributed by atoms with Crippen molar-refractivity contribution in [1.29, 1.82) is 0 Å². The van der Waals surface area contributed by atoms with Gasteiger partial charge < -0.3 is 10.2 Å². The average molecular weight is 430 g/mol. The summed E-state index contributed by atoms with van der Waals surface area (Å²) in [5, 5.41) is 2.88. The van der Waals surface area contributed by atoms with Gasteiger partial charge in [-0.15, -0.1) is 0 Å². The van der Waals surface area contributed by atoms with E-state index in [0.29, 0.717) is 37.2 Å². The highest BCUT2D eigenvalue weighted by molar-refractivity contribution is 7.92. The van der Waals surface area contributed by atoms with Gasteiger partial charge in [0.1, 0.15) is 0 Å². The highest BCUT2D eigenvalue weighted by Gasteiger charge is 2.26. The van der Waals surface area contributed by atoms with E-state index in [1.54, 1.807) is 36.1 Å². The van der Waals surface area contributed by atoms with Gasteiger partial charge >= 0.3 is 0 Å². The van der Waals surface area contributed by atoms with Gasteiger partial charge in [0.2, 0.25) is 5.91 Å². The summed E-state index contributed by atoms with van der Waals surface area (Å²) in [5.41, 5.74) is 2.51.